The van der Waals surface area contributed by atoms with Crippen LogP contribution in [0, 0.1) is 0 Å². The van der Waals surface area contributed by atoms with Gasteiger partial charge in [0.25, 0.3) is 0 Å². The van der Waals surface area contributed by atoms with E-state index < -0.39 is 0 Å². The van der Waals surface area contributed by atoms with E-state index in [4.69, 9.17) is 0 Å². The molecule has 2 nitrogen and oxygen atoms in total. The van der Waals surface area contributed by atoms with E-state index in [1.165, 1.54) is 58.5 Å². The number of alkyl halides is 1. The Balaban J connectivity index is 2.97. The summed E-state index contributed by atoms with van der Waals surface area (Å²) in [4.78, 5) is 10.9. The normalized spacial score (nSPS) is 10.6. The third-order valence-corrected chi connectivity index (χ3v) is 3.49. The molecule has 0 heterocycles. The summed E-state index contributed by atoms with van der Waals surface area (Å²) in [6.07, 6.45) is 14.7. The van der Waals surface area contributed by atoms with Gasteiger partial charge in [-0.25, -0.2) is 0 Å². The SMILES string of the molecule is COC(=O)CCCCCCCCCCCCCCF. The summed E-state index contributed by atoms with van der Waals surface area (Å²) in [6.45, 7) is -0.157. The molecule has 0 saturated carbocycles. The molecule has 0 aromatic rings. The zero-order valence-corrected chi connectivity index (χ0v) is 12.6. The van der Waals surface area contributed by atoms with Gasteiger partial charge in [0.2, 0.25) is 0 Å². The van der Waals surface area contributed by atoms with Crippen molar-refractivity contribution in [3.63, 3.8) is 0 Å². The number of rotatable bonds is 14. The zero-order chi connectivity index (χ0) is 14.2. The lowest BCUT2D eigenvalue weighted by Crippen LogP contribution is -1.99. The van der Waals surface area contributed by atoms with Gasteiger partial charge in [-0.15, -0.1) is 0 Å². The molecule has 114 valence electrons. The van der Waals surface area contributed by atoms with Crippen molar-refractivity contribution in [2.45, 2.75) is 83.5 Å². The van der Waals surface area contributed by atoms with Crippen LogP contribution in [-0.2, 0) is 9.53 Å². The van der Waals surface area contributed by atoms with Gasteiger partial charge >= 0.3 is 5.97 Å². The molecular formula is C16H31FO2. The zero-order valence-electron chi connectivity index (χ0n) is 12.6. The summed E-state index contributed by atoms with van der Waals surface area (Å²) in [5.41, 5.74) is 0. The smallest absolute Gasteiger partial charge is 0.305 e. The van der Waals surface area contributed by atoms with Crippen LogP contribution in [0.25, 0.3) is 0 Å². The molecule has 0 bridgehead atoms. The molecule has 0 radical (unpaired) electrons. The highest BCUT2D eigenvalue weighted by Gasteiger charge is 1.99. The minimum absolute atomic E-state index is 0.0900. The Hall–Kier alpha value is -0.600. The molecule has 0 aromatic heterocycles. The van der Waals surface area contributed by atoms with Gasteiger partial charge in [-0.1, -0.05) is 64.2 Å². The van der Waals surface area contributed by atoms with Gasteiger partial charge < -0.3 is 4.74 Å². The average molecular weight is 274 g/mol. The van der Waals surface area contributed by atoms with Crippen LogP contribution < -0.4 is 0 Å². The Kier molecular flexibility index (Phi) is 15.0. The molecule has 0 aliphatic carbocycles. The number of carbonyl (C=O) groups is 1. The summed E-state index contributed by atoms with van der Waals surface area (Å²) >= 11 is 0. The summed E-state index contributed by atoms with van der Waals surface area (Å²) in [6, 6.07) is 0. The highest BCUT2D eigenvalue weighted by molar-refractivity contribution is 5.68. The number of ether oxygens (including phenoxy) is 1. The van der Waals surface area contributed by atoms with Crippen molar-refractivity contribution >= 4 is 5.97 Å². The Morgan fingerprint density at radius 3 is 1.47 bits per heavy atom. The minimum Gasteiger partial charge on any atom is -0.469 e. The van der Waals surface area contributed by atoms with Crippen LogP contribution >= 0.6 is 0 Å². The Labute approximate surface area is 118 Å². The van der Waals surface area contributed by atoms with Crippen LogP contribution in [0.3, 0.4) is 0 Å². The lowest BCUT2D eigenvalue weighted by Gasteiger charge is -2.02. The Morgan fingerprint density at radius 1 is 0.737 bits per heavy atom. The van der Waals surface area contributed by atoms with Gasteiger partial charge in [-0.05, 0) is 12.8 Å². The molecule has 3 heteroatoms. The second-order valence-electron chi connectivity index (χ2n) is 5.26. The predicted molar refractivity (Wildman–Crippen MR) is 78.0 cm³/mol. The van der Waals surface area contributed by atoms with E-state index in [1.54, 1.807) is 0 Å². The first-order valence-electron chi connectivity index (χ1n) is 7.94. The van der Waals surface area contributed by atoms with E-state index in [0.717, 1.165) is 25.7 Å². The van der Waals surface area contributed by atoms with Gasteiger partial charge in [0.15, 0.2) is 0 Å². The van der Waals surface area contributed by atoms with E-state index in [-0.39, 0.29) is 12.6 Å². The van der Waals surface area contributed by atoms with Gasteiger partial charge in [-0.2, -0.15) is 0 Å². The third kappa shape index (κ3) is 15.3. The molecule has 0 fully saturated rings. The molecule has 0 aliphatic rings. The fourth-order valence-electron chi connectivity index (χ4n) is 2.23. The molecule has 0 aromatic carbocycles. The van der Waals surface area contributed by atoms with Crippen molar-refractivity contribution in [3.05, 3.63) is 0 Å². The first kappa shape index (κ1) is 18.4. The molecular weight excluding hydrogens is 243 g/mol. The van der Waals surface area contributed by atoms with E-state index in [1.807, 2.05) is 0 Å². The van der Waals surface area contributed by atoms with Crippen LogP contribution in [0.5, 0.6) is 0 Å². The molecule has 0 atom stereocenters. The fourth-order valence-corrected chi connectivity index (χ4v) is 2.23. The molecule has 0 N–H and O–H groups in total. The van der Waals surface area contributed by atoms with Crippen molar-refractivity contribution in [1.82, 2.24) is 0 Å². The van der Waals surface area contributed by atoms with Gasteiger partial charge in [0, 0.05) is 6.42 Å². The van der Waals surface area contributed by atoms with E-state index in [9.17, 15) is 9.18 Å². The monoisotopic (exact) mass is 274 g/mol. The van der Waals surface area contributed by atoms with Crippen molar-refractivity contribution < 1.29 is 13.9 Å². The standard InChI is InChI=1S/C16H31FO2/c1-19-16(18)14-12-10-8-6-4-2-3-5-7-9-11-13-15-17/h2-15H2,1H3. The topological polar surface area (TPSA) is 26.3 Å². The van der Waals surface area contributed by atoms with Crippen LogP contribution in [0.2, 0.25) is 0 Å². The Bertz CT molecular complexity index is 195. The number of hydrogen-bond donors (Lipinski definition) is 0. The van der Waals surface area contributed by atoms with Crippen molar-refractivity contribution in [2.24, 2.45) is 0 Å². The molecule has 19 heavy (non-hydrogen) atoms. The van der Waals surface area contributed by atoms with E-state index in [2.05, 4.69) is 4.74 Å². The quantitative estimate of drug-likeness (QED) is 0.321. The maximum absolute atomic E-state index is 11.8. The summed E-state index contributed by atoms with van der Waals surface area (Å²) in [5.74, 6) is -0.0900. The molecule has 0 saturated heterocycles. The van der Waals surface area contributed by atoms with Gasteiger partial charge in [-0.3, -0.25) is 9.18 Å². The van der Waals surface area contributed by atoms with Crippen molar-refractivity contribution in [3.8, 4) is 0 Å². The van der Waals surface area contributed by atoms with Crippen LogP contribution in [0.15, 0.2) is 0 Å². The highest BCUT2D eigenvalue weighted by Crippen LogP contribution is 2.12. The predicted octanol–water partition coefficient (Wildman–Crippen LogP) is 5.20. The lowest BCUT2D eigenvalue weighted by atomic mass is 10.0. The largest absolute Gasteiger partial charge is 0.469 e. The number of methoxy groups -OCH3 is 1. The number of carbonyl (C=O) groups excluding carboxylic acids is 1. The number of hydrogen-bond acceptors (Lipinski definition) is 2. The van der Waals surface area contributed by atoms with E-state index in [0.29, 0.717) is 6.42 Å². The molecule has 0 spiro atoms. The number of halogens is 1. The third-order valence-electron chi connectivity index (χ3n) is 3.49. The first-order chi connectivity index (χ1) is 9.31. The molecule has 0 rings (SSSR count). The second kappa shape index (κ2) is 15.5. The molecule has 0 unspecified atom stereocenters. The van der Waals surface area contributed by atoms with Gasteiger partial charge in [0.05, 0.1) is 13.8 Å². The maximum Gasteiger partial charge on any atom is 0.305 e. The Morgan fingerprint density at radius 2 is 1.11 bits per heavy atom. The molecule has 0 aliphatic heterocycles. The maximum atomic E-state index is 11.8. The van der Waals surface area contributed by atoms with Crippen molar-refractivity contribution in [1.29, 1.82) is 0 Å². The minimum atomic E-state index is -0.157. The first-order valence-corrected chi connectivity index (χ1v) is 7.94. The number of unbranched alkanes of at least 4 members (excludes halogenated alkanes) is 11. The summed E-state index contributed by atoms with van der Waals surface area (Å²) in [5, 5.41) is 0. The van der Waals surface area contributed by atoms with Crippen LogP contribution in [0.1, 0.15) is 83.5 Å². The highest BCUT2D eigenvalue weighted by atomic mass is 19.1. The molecule has 0 amide bonds. The average Bonchev–Trinajstić information content (AvgIpc) is 2.43. The van der Waals surface area contributed by atoms with Crippen molar-refractivity contribution in [2.75, 3.05) is 13.8 Å². The van der Waals surface area contributed by atoms with E-state index >= 15 is 0 Å². The van der Waals surface area contributed by atoms with Crippen LogP contribution in [0.4, 0.5) is 4.39 Å². The lowest BCUT2D eigenvalue weighted by molar-refractivity contribution is -0.140. The fraction of sp³-hybridized carbons (Fsp3) is 0.938. The second-order valence-corrected chi connectivity index (χ2v) is 5.26. The van der Waals surface area contributed by atoms with Gasteiger partial charge in [0.1, 0.15) is 0 Å². The number of esters is 1. The summed E-state index contributed by atoms with van der Waals surface area (Å²) in [7, 11) is 1.44. The van der Waals surface area contributed by atoms with Crippen LogP contribution in [-0.4, -0.2) is 19.8 Å². The summed E-state index contributed by atoms with van der Waals surface area (Å²) < 4.78 is 16.4.